The van der Waals surface area contributed by atoms with Crippen LogP contribution in [0.1, 0.15) is 36.8 Å². The maximum atomic E-state index is 8.83. The fourth-order valence-electron chi connectivity index (χ4n) is 2.30. The molecule has 1 fully saturated rings. The van der Waals surface area contributed by atoms with E-state index in [2.05, 4.69) is 42.3 Å². The molecule has 0 radical (unpaired) electrons. The summed E-state index contributed by atoms with van der Waals surface area (Å²) in [6, 6.07) is 11.1. The third-order valence-electron chi connectivity index (χ3n) is 3.36. The minimum atomic E-state index is 0.264. The lowest BCUT2D eigenvalue weighted by atomic mass is 9.87. The number of benzene rings is 1. The fourth-order valence-corrected chi connectivity index (χ4v) is 2.30. The van der Waals surface area contributed by atoms with Crippen LogP contribution in [0, 0.1) is 24.2 Å². The Kier molecular flexibility index (Phi) is 3.93. The van der Waals surface area contributed by atoms with Crippen molar-refractivity contribution in [1.82, 2.24) is 0 Å². The van der Waals surface area contributed by atoms with Gasteiger partial charge < -0.3 is 0 Å². The molecule has 0 aliphatic heterocycles. The highest BCUT2D eigenvalue weighted by Gasteiger charge is 2.19. The van der Waals surface area contributed by atoms with Gasteiger partial charge in [0.15, 0.2) is 0 Å². The monoisotopic (exact) mass is 226 g/mol. The van der Waals surface area contributed by atoms with E-state index in [0.29, 0.717) is 6.04 Å². The summed E-state index contributed by atoms with van der Waals surface area (Å²) >= 11 is 0. The van der Waals surface area contributed by atoms with Gasteiger partial charge in [-0.05, 0) is 38.2 Å². The summed E-state index contributed by atoms with van der Waals surface area (Å²) in [6.07, 6.45) is 6.10. The van der Waals surface area contributed by atoms with Gasteiger partial charge in [0.25, 0.3) is 0 Å². The molecule has 1 aliphatic carbocycles. The SMILES string of the molecule is Cc1cccc(/C=N/C2CCC(C#N)CC2)c1. The summed E-state index contributed by atoms with van der Waals surface area (Å²) in [4.78, 5) is 4.63. The molecule has 1 aromatic carbocycles. The second-order valence-corrected chi connectivity index (χ2v) is 4.83. The van der Waals surface area contributed by atoms with Gasteiger partial charge in [-0.3, -0.25) is 4.99 Å². The van der Waals surface area contributed by atoms with Crippen LogP contribution >= 0.6 is 0 Å². The minimum absolute atomic E-state index is 0.264. The van der Waals surface area contributed by atoms with E-state index in [1.807, 2.05) is 6.21 Å². The van der Waals surface area contributed by atoms with Crippen LogP contribution in [0.4, 0.5) is 0 Å². The van der Waals surface area contributed by atoms with Crippen molar-refractivity contribution in [3.63, 3.8) is 0 Å². The topological polar surface area (TPSA) is 36.1 Å². The highest BCUT2D eigenvalue weighted by Crippen LogP contribution is 2.25. The Bertz CT molecular complexity index is 434. The first kappa shape index (κ1) is 11.9. The van der Waals surface area contributed by atoms with Gasteiger partial charge in [0, 0.05) is 12.1 Å². The van der Waals surface area contributed by atoms with Crippen molar-refractivity contribution in [2.75, 3.05) is 0 Å². The Morgan fingerprint density at radius 3 is 2.71 bits per heavy atom. The van der Waals surface area contributed by atoms with Crippen LogP contribution in [0.25, 0.3) is 0 Å². The van der Waals surface area contributed by atoms with Crippen molar-refractivity contribution in [2.24, 2.45) is 10.9 Å². The van der Waals surface area contributed by atoms with Gasteiger partial charge in [-0.1, -0.05) is 29.8 Å². The van der Waals surface area contributed by atoms with Gasteiger partial charge in [-0.25, -0.2) is 0 Å². The zero-order valence-corrected chi connectivity index (χ0v) is 10.3. The van der Waals surface area contributed by atoms with Crippen molar-refractivity contribution in [3.8, 4) is 6.07 Å². The number of hydrogen-bond donors (Lipinski definition) is 0. The smallest absolute Gasteiger partial charge is 0.0655 e. The molecule has 0 aromatic heterocycles. The van der Waals surface area contributed by atoms with E-state index in [0.717, 1.165) is 25.7 Å². The Morgan fingerprint density at radius 2 is 2.06 bits per heavy atom. The Morgan fingerprint density at radius 1 is 1.29 bits per heavy atom. The zero-order valence-electron chi connectivity index (χ0n) is 10.3. The molecule has 0 unspecified atom stereocenters. The first-order chi connectivity index (χ1) is 8.28. The van der Waals surface area contributed by atoms with Gasteiger partial charge in [-0.15, -0.1) is 0 Å². The van der Waals surface area contributed by atoms with Crippen LogP contribution in [0.5, 0.6) is 0 Å². The zero-order chi connectivity index (χ0) is 12.1. The largest absolute Gasteiger partial charge is 0.289 e. The molecule has 1 aromatic rings. The molecule has 0 atom stereocenters. The van der Waals surface area contributed by atoms with Gasteiger partial charge in [0.1, 0.15) is 0 Å². The van der Waals surface area contributed by atoms with E-state index < -0.39 is 0 Å². The standard InChI is InChI=1S/C15H18N2/c1-12-3-2-4-14(9-12)11-17-15-7-5-13(10-16)6-8-15/h2-4,9,11,13,15H,5-8H2,1H3/b17-11+. The molecule has 2 heteroatoms. The fraction of sp³-hybridized carbons (Fsp3) is 0.467. The number of nitrogens with zero attached hydrogens (tertiary/aromatic N) is 2. The molecule has 17 heavy (non-hydrogen) atoms. The van der Waals surface area contributed by atoms with E-state index in [1.54, 1.807) is 0 Å². The van der Waals surface area contributed by atoms with Gasteiger partial charge >= 0.3 is 0 Å². The molecule has 0 saturated heterocycles. The predicted molar refractivity (Wildman–Crippen MR) is 70.1 cm³/mol. The third kappa shape index (κ3) is 3.42. The normalized spacial score (nSPS) is 24.7. The summed E-state index contributed by atoms with van der Waals surface area (Å²) in [6.45, 7) is 2.09. The van der Waals surface area contributed by atoms with E-state index in [9.17, 15) is 0 Å². The highest BCUT2D eigenvalue weighted by atomic mass is 14.8. The van der Waals surface area contributed by atoms with Gasteiger partial charge in [0.2, 0.25) is 0 Å². The molecule has 0 spiro atoms. The predicted octanol–water partition coefficient (Wildman–Crippen LogP) is 3.50. The van der Waals surface area contributed by atoms with E-state index >= 15 is 0 Å². The summed E-state index contributed by atoms with van der Waals surface area (Å²) in [7, 11) is 0. The Hall–Kier alpha value is -1.62. The first-order valence-electron chi connectivity index (χ1n) is 6.27. The summed E-state index contributed by atoms with van der Waals surface area (Å²) in [5.74, 6) is 0.264. The van der Waals surface area contributed by atoms with Crippen molar-refractivity contribution < 1.29 is 0 Å². The second-order valence-electron chi connectivity index (χ2n) is 4.83. The maximum absolute atomic E-state index is 8.83. The lowest BCUT2D eigenvalue weighted by molar-refractivity contribution is 0.384. The molecule has 0 heterocycles. The number of aliphatic imine (C=N–C) groups is 1. The molecule has 2 nitrogen and oxygen atoms in total. The lowest BCUT2D eigenvalue weighted by Crippen LogP contribution is -2.16. The third-order valence-corrected chi connectivity index (χ3v) is 3.36. The quantitative estimate of drug-likeness (QED) is 0.711. The molecule has 1 saturated carbocycles. The number of aryl methyl sites for hydroxylation is 1. The Balaban J connectivity index is 1.92. The lowest BCUT2D eigenvalue weighted by Gasteiger charge is -2.21. The molecular weight excluding hydrogens is 208 g/mol. The summed E-state index contributed by atoms with van der Waals surface area (Å²) in [5, 5.41) is 8.83. The minimum Gasteiger partial charge on any atom is -0.289 e. The molecule has 0 amide bonds. The second kappa shape index (κ2) is 5.63. The molecule has 0 bridgehead atoms. The maximum Gasteiger partial charge on any atom is 0.0655 e. The summed E-state index contributed by atoms with van der Waals surface area (Å²) in [5.41, 5.74) is 2.44. The number of nitriles is 1. The van der Waals surface area contributed by atoms with E-state index in [1.165, 1.54) is 11.1 Å². The van der Waals surface area contributed by atoms with Gasteiger partial charge in [0.05, 0.1) is 12.1 Å². The highest BCUT2D eigenvalue weighted by molar-refractivity contribution is 5.79. The van der Waals surface area contributed by atoms with Crippen LogP contribution in [-0.2, 0) is 0 Å². The summed E-state index contributed by atoms with van der Waals surface area (Å²) < 4.78 is 0. The average Bonchev–Trinajstić information content (AvgIpc) is 2.37. The molecule has 88 valence electrons. The average molecular weight is 226 g/mol. The van der Waals surface area contributed by atoms with Crippen molar-refractivity contribution in [2.45, 2.75) is 38.6 Å². The van der Waals surface area contributed by atoms with Gasteiger partial charge in [-0.2, -0.15) is 5.26 Å². The van der Waals surface area contributed by atoms with Crippen LogP contribution in [0.15, 0.2) is 29.3 Å². The number of hydrogen-bond acceptors (Lipinski definition) is 2. The van der Waals surface area contributed by atoms with E-state index in [4.69, 9.17) is 5.26 Å². The molecule has 2 rings (SSSR count). The first-order valence-corrected chi connectivity index (χ1v) is 6.27. The van der Waals surface area contributed by atoms with Crippen molar-refractivity contribution in [1.29, 1.82) is 5.26 Å². The molecular formula is C15H18N2. The van der Waals surface area contributed by atoms with Crippen LogP contribution in [0.2, 0.25) is 0 Å². The van der Waals surface area contributed by atoms with Crippen molar-refractivity contribution in [3.05, 3.63) is 35.4 Å². The van der Waals surface area contributed by atoms with Crippen LogP contribution < -0.4 is 0 Å². The number of rotatable bonds is 2. The molecule has 0 N–H and O–H groups in total. The van der Waals surface area contributed by atoms with Crippen molar-refractivity contribution >= 4 is 6.21 Å². The van der Waals surface area contributed by atoms with Crippen LogP contribution in [-0.4, -0.2) is 12.3 Å². The van der Waals surface area contributed by atoms with E-state index in [-0.39, 0.29) is 5.92 Å². The molecule has 1 aliphatic rings. The van der Waals surface area contributed by atoms with Crippen LogP contribution in [0.3, 0.4) is 0 Å². The Labute approximate surface area is 103 Å².